The first-order valence-electron chi connectivity index (χ1n) is 15.8. The zero-order chi connectivity index (χ0) is 30.4. The van der Waals surface area contributed by atoms with Crippen LogP contribution in [0, 0.1) is 24.0 Å². The molecule has 7 heterocycles. The van der Waals surface area contributed by atoms with Gasteiger partial charge in [-0.1, -0.05) is 12.0 Å². The molecule has 0 amide bonds. The molecule has 0 aliphatic carbocycles. The Morgan fingerprint density at radius 1 is 1.09 bits per heavy atom. The molecule has 9 nitrogen and oxygen atoms in total. The van der Waals surface area contributed by atoms with Gasteiger partial charge >= 0.3 is 6.01 Å². The second-order valence-electron chi connectivity index (χ2n) is 12.9. The number of phenolic OH excluding ortho intramolecular Hbond substituents is 1. The predicted octanol–water partition coefficient (Wildman–Crippen LogP) is 4.52. The van der Waals surface area contributed by atoms with Crippen molar-refractivity contribution in [2.24, 2.45) is 0 Å². The predicted molar refractivity (Wildman–Crippen MR) is 165 cm³/mol. The number of rotatable bonds is 4. The number of nitrogens with one attached hydrogen (secondary N) is 1. The van der Waals surface area contributed by atoms with E-state index in [1.165, 1.54) is 37.1 Å². The van der Waals surface area contributed by atoms with Gasteiger partial charge in [-0.2, -0.15) is 9.97 Å². The van der Waals surface area contributed by atoms with Crippen LogP contribution in [0.5, 0.6) is 17.6 Å². The first-order chi connectivity index (χ1) is 22.0. The molecule has 2 unspecified atom stereocenters. The Morgan fingerprint density at radius 3 is 2.89 bits per heavy atom. The van der Waals surface area contributed by atoms with E-state index in [-0.39, 0.29) is 63.5 Å². The smallest absolute Gasteiger partial charge is 0.319 e. The highest BCUT2D eigenvalue weighted by Crippen LogP contribution is 2.45. The summed E-state index contributed by atoms with van der Waals surface area (Å²) in [5, 5.41) is 15.4. The van der Waals surface area contributed by atoms with Crippen molar-refractivity contribution in [3.05, 3.63) is 41.5 Å². The number of piperazine rings is 1. The number of phenols is 1. The number of aromatic nitrogens is 3. The molecule has 11 heteroatoms. The van der Waals surface area contributed by atoms with Crippen LogP contribution in [-0.4, -0.2) is 81.5 Å². The molecule has 5 atom stereocenters. The van der Waals surface area contributed by atoms with Gasteiger partial charge in [-0.3, -0.25) is 4.90 Å². The van der Waals surface area contributed by atoms with Crippen molar-refractivity contribution in [2.45, 2.75) is 68.7 Å². The Kier molecular flexibility index (Phi) is 6.09. The molecule has 5 aliphatic heterocycles. The summed E-state index contributed by atoms with van der Waals surface area (Å²) in [7, 11) is 0. The lowest BCUT2D eigenvalue weighted by atomic mass is 9.95. The van der Waals surface area contributed by atoms with Crippen LogP contribution in [0.2, 0.25) is 0 Å². The van der Waals surface area contributed by atoms with Gasteiger partial charge in [0.15, 0.2) is 5.82 Å². The van der Waals surface area contributed by atoms with Gasteiger partial charge in [-0.15, -0.1) is 6.42 Å². The quantitative estimate of drug-likeness (QED) is 0.324. The van der Waals surface area contributed by atoms with E-state index in [4.69, 9.17) is 20.9 Å². The zero-order valence-electron chi connectivity index (χ0n) is 24.6. The first-order valence-corrected chi connectivity index (χ1v) is 15.8. The summed E-state index contributed by atoms with van der Waals surface area (Å²) in [4.78, 5) is 18.9. The van der Waals surface area contributed by atoms with Gasteiger partial charge in [0.1, 0.15) is 47.2 Å². The number of benzene rings is 2. The SMILES string of the molecule is C#Cc1c(F)ccc2cc(O)cc(-c3nc4c5c(nc(OCC6CCC7CCCN76)nc5c3F)N3C[C@H]5CC[C@H](N5)[C@H]3CO4)c12. The third-order valence-electron chi connectivity index (χ3n) is 10.5. The summed E-state index contributed by atoms with van der Waals surface area (Å²) >= 11 is 0. The molecule has 4 saturated heterocycles. The molecule has 2 bridgehead atoms. The summed E-state index contributed by atoms with van der Waals surface area (Å²) in [6, 6.07) is 6.97. The van der Waals surface area contributed by atoms with Crippen molar-refractivity contribution < 1.29 is 23.4 Å². The number of hydrogen-bond acceptors (Lipinski definition) is 9. The van der Waals surface area contributed by atoms with Gasteiger partial charge in [0, 0.05) is 41.7 Å². The number of fused-ring (bicyclic) bond motifs is 7. The minimum absolute atomic E-state index is 0.00199. The molecule has 9 rings (SSSR count). The third-order valence-corrected chi connectivity index (χ3v) is 10.5. The molecule has 0 spiro atoms. The van der Waals surface area contributed by atoms with Gasteiger partial charge in [0.25, 0.3) is 0 Å². The van der Waals surface area contributed by atoms with Crippen molar-refractivity contribution in [3.8, 4) is 41.2 Å². The molecule has 0 radical (unpaired) electrons. The Hall–Kier alpha value is -4.27. The maximum absolute atomic E-state index is 17.0. The fourth-order valence-corrected chi connectivity index (χ4v) is 8.46. The van der Waals surface area contributed by atoms with E-state index in [1.54, 1.807) is 0 Å². The summed E-state index contributed by atoms with van der Waals surface area (Å²) in [6.07, 6.45) is 12.4. The van der Waals surface area contributed by atoms with Crippen LogP contribution in [0.15, 0.2) is 24.3 Å². The molecule has 5 aliphatic rings. The Balaban J connectivity index is 1.23. The fraction of sp³-hybridized carbons (Fsp3) is 0.441. The minimum Gasteiger partial charge on any atom is -0.508 e. The molecule has 4 fully saturated rings. The molecule has 0 saturated carbocycles. The number of halogens is 2. The monoisotopic (exact) mass is 610 g/mol. The fourth-order valence-electron chi connectivity index (χ4n) is 8.46. The van der Waals surface area contributed by atoms with Gasteiger partial charge in [0.2, 0.25) is 5.88 Å². The van der Waals surface area contributed by atoms with Crippen LogP contribution in [0.3, 0.4) is 0 Å². The van der Waals surface area contributed by atoms with Crippen molar-refractivity contribution in [3.63, 3.8) is 0 Å². The van der Waals surface area contributed by atoms with Crippen LogP contribution in [0.1, 0.15) is 44.1 Å². The summed E-state index contributed by atoms with van der Waals surface area (Å²) in [5.41, 5.74) is -0.0412. The summed E-state index contributed by atoms with van der Waals surface area (Å²) in [6.45, 7) is 2.49. The largest absolute Gasteiger partial charge is 0.508 e. The number of ether oxygens (including phenoxy) is 2. The topological polar surface area (TPSA) is 95.9 Å². The highest BCUT2D eigenvalue weighted by Gasteiger charge is 2.44. The van der Waals surface area contributed by atoms with Crippen molar-refractivity contribution in [1.29, 1.82) is 0 Å². The molecule has 230 valence electrons. The van der Waals surface area contributed by atoms with E-state index in [0.29, 0.717) is 48.4 Å². The Morgan fingerprint density at radius 2 is 2.00 bits per heavy atom. The van der Waals surface area contributed by atoms with Crippen LogP contribution in [0.4, 0.5) is 14.6 Å². The lowest BCUT2D eigenvalue weighted by Gasteiger charge is -2.40. The number of nitrogens with zero attached hydrogens (tertiary/aromatic N) is 5. The third kappa shape index (κ3) is 4.15. The average molecular weight is 611 g/mol. The van der Waals surface area contributed by atoms with Gasteiger partial charge in [0.05, 0.1) is 11.6 Å². The van der Waals surface area contributed by atoms with E-state index >= 15 is 4.39 Å². The molecular formula is C34H32F2N6O3. The lowest BCUT2D eigenvalue weighted by Crippen LogP contribution is -2.60. The van der Waals surface area contributed by atoms with Gasteiger partial charge in [-0.05, 0) is 68.7 Å². The molecule has 45 heavy (non-hydrogen) atoms. The highest BCUT2D eigenvalue weighted by atomic mass is 19.1. The van der Waals surface area contributed by atoms with Gasteiger partial charge < -0.3 is 24.8 Å². The number of hydrogen-bond donors (Lipinski definition) is 2. The van der Waals surface area contributed by atoms with Crippen LogP contribution in [-0.2, 0) is 0 Å². The Bertz CT molecular complexity index is 1930. The summed E-state index contributed by atoms with van der Waals surface area (Å²) < 4.78 is 44.5. The normalized spacial score (nSPS) is 26.9. The van der Waals surface area contributed by atoms with Crippen molar-refractivity contribution in [1.82, 2.24) is 25.2 Å². The van der Waals surface area contributed by atoms with Gasteiger partial charge in [-0.25, -0.2) is 13.8 Å². The second kappa shape index (κ2) is 10.1. The Labute approximate surface area is 258 Å². The zero-order valence-corrected chi connectivity index (χ0v) is 24.6. The first kappa shape index (κ1) is 27.1. The van der Waals surface area contributed by atoms with E-state index < -0.39 is 11.6 Å². The number of aromatic hydroxyl groups is 1. The maximum Gasteiger partial charge on any atom is 0.319 e. The lowest BCUT2D eigenvalue weighted by molar-refractivity contribution is 0.161. The van der Waals surface area contributed by atoms with Crippen molar-refractivity contribution in [2.75, 3.05) is 31.2 Å². The maximum atomic E-state index is 17.0. The average Bonchev–Trinajstić information content (AvgIpc) is 3.74. The van der Waals surface area contributed by atoms with E-state index in [9.17, 15) is 9.50 Å². The molecular weight excluding hydrogens is 578 g/mol. The standard InChI is InChI=1S/C34H32F2N6O3/c1-2-22-24(35)9-5-17-12-21(43)13-23(27(17)22)30-29(36)31-28-32(40-34(39-31)45-15-20-8-7-19-4-3-11-41(19)20)42-14-18-6-10-25(37-18)26(42)16-44-33(28)38-30/h1,5,9,12-13,18-20,25-26,37,43H,3-4,6-8,10-11,14-16H2/t18-,19?,20?,25+,26-/m1/s1. The van der Waals surface area contributed by atoms with E-state index in [1.807, 2.05) is 0 Å². The molecule has 2 aromatic carbocycles. The molecule has 4 aromatic rings. The minimum atomic E-state index is -0.748. The summed E-state index contributed by atoms with van der Waals surface area (Å²) in [5.74, 6) is 1.62. The van der Waals surface area contributed by atoms with E-state index in [0.717, 1.165) is 32.2 Å². The number of pyridine rings is 1. The van der Waals surface area contributed by atoms with Crippen LogP contribution < -0.4 is 19.7 Å². The van der Waals surface area contributed by atoms with Crippen LogP contribution >= 0.6 is 0 Å². The molecule has 2 aromatic heterocycles. The van der Waals surface area contributed by atoms with Crippen LogP contribution in [0.25, 0.3) is 32.9 Å². The number of terminal acetylenes is 1. The second-order valence-corrected chi connectivity index (χ2v) is 12.9. The highest BCUT2D eigenvalue weighted by molar-refractivity contribution is 6.04. The molecule has 2 N–H and O–H groups in total. The number of anilines is 1. The van der Waals surface area contributed by atoms with Crippen molar-refractivity contribution >= 4 is 27.5 Å². The van der Waals surface area contributed by atoms with E-state index in [2.05, 4.69) is 31.0 Å².